The quantitative estimate of drug-likeness (QED) is 0.620. The third kappa shape index (κ3) is 6.88. The van der Waals surface area contributed by atoms with E-state index in [1.807, 2.05) is 13.8 Å². The number of carboxylic acids is 1. The summed E-state index contributed by atoms with van der Waals surface area (Å²) in [4.78, 5) is 33.5. The Morgan fingerprint density at radius 3 is 2.17 bits per heavy atom. The van der Waals surface area contributed by atoms with E-state index in [1.165, 1.54) is 13.8 Å². The molecule has 0 saturated carbocycles. The van der Waals surface area contributed by atoms with Gasteiger partial charge in [-0.15, -0.1) is 0 Å². The predicted molar refractivity (Wildman–Crippen MR) is 66.9 cm³/mol. The molecule has 0 unspecified atom stereocenters. The van der Waals surface area contributed by atoms with Crippen LogP contribution in [0.1, 0.15) is 40.5 Å². The van der Waals surface area contributed by atoms with E-state index in [4.69, 9.17) is 5.11 Å². The van der Waals surface area contributed by atoms with Gasteiger partial charge in [0.2, 0.25) is 11.8 Å². The number of hydrogen-bond donors (Lipinski definition) is 3. The molecule has 0 saturated heterocycles. The van der Waals surface area contributed by atoms with E-state index < -0.39 is 17.4 Å². The van der Waals surface area contributed by atoms with Crippen molar-refractivity contribution in [2.75, 3.05) is 6.54 Å². The van der Waals surface area contributed by atoms with Gasteiger partial charge in [-0.3, -0.25) is 9.59 Å². The maximum absolute atomic E-state index is 11.4. The van der Waals surface area contributed by atoms with Crippen LogP contribution in [0.5, 0.6) is 0 Å². The summed E-state index contributed by atoms with van der Waals surface area (Å²) < 4.78 is 0. The van der Waals surface area contributed by atoms with E-state index in [9.17, 15) is 14.4 Å². The van der Waals surface area contributed by atoms with Gasteiger partial charge in [-0.25, -0.2) is 4.79 Å². The molecule has 0 fully saturated rings. The van der Waals surface area contributed by atoms with Crippen LogP contribution in [0, 0.1) is 5.92 Å². The first-order valence-corrected chi connectivity index (χ1v) is 5.96. The van der Waals surface area contributed by atoms with Crippen LogP contribution in [0.4, 0.5) is 0 Å². The Morgan fingerprint density at radius 1 is 1.17 bits per heavy atom. The maximum atomic E-state index is 11.4. The van der Waals surface area contributed by atoms with E-state index >= 15 is 0 Å². The Morgan fingerprint density at radius 2 is 1.72 bits per heavy atom. The molecule has 3 N–H and O–H groups in total. The molecular weight excluding hydrogens is 236 g/mol. The minimum absolute atomic E-state index is 0.201. The van der Waals surface area contributed by atoms with Gasteiger partial charge in [0.05, 0.1) is 6.54 Å². The third-order valence-electron chi connectivity index (χ3n) is 2.38. The molecule has 6 heteroatoms. The third-order valence-corrected chi connectivity index (χ3v) is 2.38. The van der Waals surface area contributed by atoms with Gasteiger partial charge in [0, 0.05) is 6.42 Å². The van der Waals surface area contributed by atoms with Gasteiger partial charge in [-0.2, -0.15) is 0 Å². The summed E-state index contributed by atoms with van der Waals surface area (Å²) in [5.41, 5.74) is -1.33. The van der Waals surface area contributed by atoms with Crippen molar-refractivity contribution in [3.63, 3.8) is 0 Å². The molecular formula is C12H22N2O4. The lowest BCUT2D eigenvalue weighted by Gasteiger charge is -2.21. The molecule has 0 aliphatic rings. The summed E-state index contributed by atoms with van der Waals surface area (Å²) in [6, 6.07) is 0. The van der Waals surface area contributed by atoms with Crippen LogP contribution in [0.15, 0.2) is 0 Å². The van der Waals surface area contributed by atoms with Gasteiger partial charge < -0.3 is 15.7 Å². The van der Waals surface area contributed by atoms with E-state index in [2.05, 4.69) is 10.6 Å². The van der Waals surface area contributed by atoms with Crippen LogP contribution in [0.3, 0.4) is 0 Å². The minimum atomic E-state index is -1.33. The molecule has 2 amide bonds. The summed E-state index contributed by atoms with van der Waals surface area (Å²) in [5.74, 6) is -1.41. The van der Waals surface area contributed by atoms with Crippen LogP contribution in [-0.2, 0) is 14.4 Å². The number of aliphatic carboxylic acids is 1. The van der Waals surface area contributed by atoms with Crippen molar-refractivity contribution in [1.29, 1.82) is 0 Å². The lowest BCUT2D eigenvalue weighted by Crippen LogP contribution is -2.52. The highest BCUT2D eigenvalue weighted by atomic mass is 16.4. The van der Waals surface area contributed by atoms with Crippen LogP contribution < -0.4 is 10.6 Å². The molecule has 0 bridgehead atoms. The molecule has 0 spiro atoms. The number of nitrogens with one attached hydrogen (secondary N) is 2. The summed E-state index contributed by atoms with van der Waals surface area (Å²) in [5, 5.41) is 13.6. The zero-order chi connectivity index (χ0) is 14.3. The fraction of sp³-hybridized carbons (Fsp3) is 0.750. The first-order chi connectivity index (χ1) is 8.15. The second kappa shape index (κ2) is 6.98. The zero-order valence-electron chi connectivity index (χ0n) is 11.4. The highest BCUT2D eigenvalue weighted by Crippen LogP contribution is 2.03. The van der Waals surface area contributed by atoms with Crippen molar-refractivity contribution >= 4 is 17.8 Å². The summed E-state index contributed by atoms with van der Waals surface area (Å²) in [7, 11) is 0. The van der Waals surface area contributed by atoms with Gasteiger partial charge in [0.1, 0.15) is 5.54 Å². The topological polar surface area (TPSA) is 95.5 Å². The summed E-state index contributed by atoms with van der Waals surface area (Å²) in [6.07, 6.45) is 1.13. The Balaban J connectivity index is 3.97. The smallest absolute Gasteiger partial charge is 0.328 e. The molecule has 0 aliphatic carbocycles. The molecule has 6 nitrogen and oxygen atoms in total. The number of hydrogen-bond acceptors (Lipinski definition) is 3. The van der Waals surface area contributed by atoms with Crippen LogP contribution in [0.25, 0.3) is 0 Å². The first-order valence-electron chi connectivity index (χ1n) is 5.96. The molecule has 0 aliphatic heterocycles. The standard InChI is InChI=1S/C12H22N2O4/c1-8(2)5-6-9(15)13-7-10(16)14-12(3,4)11(17)18/h8H,5-7H2,1-4H3,(H,13,15)(H,14,16)(H,17,18). The minimum Gasteiger partial charge on any atom is -0.480 e. The molecule has 0 rings (SSSR count). The average Bonchev–Trinajstić information content (AvgIpc) is 2.22. The number of carbonyl (C=O) groups excluding carboxylic acids is 2. The largest absolute Gasteiger partial charge is 0.480 e. The van der Waals surface area contributed by atoms with Gasteiger partial charge in [0.15, 0.2) is 0 Å². The van der Waals surface area contributed by atoms with E-state index in [0.29, 0.717) is 12.3 Å². The molecule has 0 atom stereocenters. The number of carboxylic acid groups (broad SMARTS) is 1. The summed E-state index contributed by atoms with van der Waals surface area (Å²) >= 11 is 0. The Bertz CT molecular complexity index is 324. The highest BCUT2D eigenvalue weighted by Gasteiger charge is 2.28. The SMILES string of the molecule is CC(C)CCC(=O)NCC(=O)NC(C)(C)C(=O)O. The fourth-order valence-electron chi connectivity index (χ4n) is 1.13. The lowest BCUT2D eigenvalue weighted by atomic mass is 10.1. The fourth-order valence-corrected chi connectivity index (χ4v) is 1.13. The van der Waals surface area contributed by atoms with Crippen molar-refractivity contribution < 1.29 is 19.5 Å². The van der Waals surface area contributed by atoms with Crippen LogP contribution >= 0.6 is 0 Å². The van der Waals surface area contributed by atoms with Gasteiger partial charge in [0.25, 0.3) is 0 Å². The zero-order valence-corrected chi connectivity index (χ0v) is 11.4. The van der Waals surface area contributed by atoms with Crippen molar-refractivity contribution in [1.82, 2.24) is 10.6 Å². The number of rotatable bonds is 7. The van der Waals surface area contributed by atoms with E-state index in [0.717, 1.165) is 6.42 Å². The second-order valence-corrected chi connectivity index (χ2v) is 5.19. The summed E-state index contributed by atoms with van der Waals surface area (Å²) in [6.45, 7) is 6.58. The molecule has 0 heterocycles. The van der Waals surface area contributed by atoms with Crippen molar-refractivity contribution in [3.8, 4) is 0 Å². The maximum Gasteiger partial charge on any atom is 0.328 e. The Kier molecular flexibility index (Phi) is 6.36. The van der Waals surface area contributed by atoms with Gasteiger partial charge >= 0.3 is 5.97 Å². The molecule has 0 aromatic rings. The number of carbonyl (C=O) groups is 3. The molecule has 104 valence electrons. The Hall–Kier alpha value is -1.59. The molecule has 0 aromatic heterocycles. The van der Waals surface area contributed by atoms with Crippen molar-refractivity contribution in [2.24, 2.45) is 5.92 Å². The second-order valence-electron chi connectivity index (χ2n) is 5.19. The van der Waals surface area contributed by atoms with Gasteiger partial charge in [-0.05, 0) is 26.2 Å². The average molecular weight is 258 g/mol. The predicted octanol–water partition coefficient (Wildman–Crippen LogP) is 0.518. The molecule has 0 aromatic carbocycles. The van der Waals surface area contributed by atoms with Crippen LogP contribution in [0.2, 0.25) is 0 Å². The van der Waals surface area contributed by atoms with Gasteiger partial charge in [-0.1, -0.05) is 13.8 Å². The number of amides is 2. The highest BCUT2D eigenvalue weighted by molar-refractivity contribution is 5.89. The molecule has 0 radical (unpaired) electrons. The monoisotopic (exact) mass is 258 g/mol. The normalized spacial score (nSPS) is 11.2. The lowest BCUT2D eigenvalue weighted by molar-refractivity contribution is -0.145. The van der Waals surface area contributed by atoms with Crippen LogP contribution in [-0.4, -0.2) is 35.0 Å². The molecule has 18 heavy (non-hydrogen) atoms. The van der Waals surface area contributed by atoms with Crippen molar-refractivity contribution in [2.45, 2.75) is 46.1 Å². The Labute approximate surface area is 107 Å². The first kappa shape index (κ1) is 16.4. The van der Waals surface area contributed by atoms with E-state index in [-0.39, 0.29) is 12.5 Å². The van der Waals surface area contributed by atoms with Crippen molar-refractivity contribution in [3.05, 3.63) is 0 Å². The van der Waals surface area contributed by atoms with E-state index in [1.54, 1.807) is 0 Å².